The maximum Gasteiger partial charge on any atom is 0.221 e. The van der Waals surface area contributed by atoms with Crippen LogP contribution in [0.3, 0.4) is 0 Å². The van der Waals surface area contributed by atoms with Crippen LogP contribution in [0, 0.1) is 5.92 Å². The number of carbonyl (C=O) groups excluding carboxylic acids is 1. The largest absolute Gasteiger partial charge is 0.356 e. The van der Waals surface area contributed by atoms with Crippen molar-refractivity contribution in [3.05, 3.63) is 0 Å². The topological polar surface area (TPSA) is 66.5 Å². The first-order valence-electron chi connectivity index (χ1n) is 6.99. The van der Waals surface area contributed by atoms with Gasteiger partial charge in [0.25, 0.3) is 0 Å². The van der Waals surface area contributed by atoms with Crippen LogP contribution in [0.15, 0.2) is 0 Å². The number of nitrogens with one attached hydrogen (secondary N) is 1. The molecule has 1 amide bonds. The molecule has 0 unspecified atom stereocenters. The van der Waals surface area contributed by atoms with Gasteiger partial charge in [0.2, 0.25) is 15.9 Å². The maximum atomic E-state index is 11.6. The molecule has 0 aromatic carbocycles. The summed E-state index contributed by atoms with van der Waals surface area (Å²) in [6.45, 7) is 7.59. The summed E-state index contributed by atoms with van der Waals surface area (Å²) in [5.74, 6) is 0.370. The van der Waals surface area contributed by atoms with Gasteiger partial charge in [-0.1, -0.05) is 27.2 Å². The lowest BCUT2D eigenvalue weighted by atomic mass is 10.1. The first-order chi connectivity index (χ1) is 8.77. The van der Waals surface area contributed by atoms with E-state index in [2.05, 4.69) is 26.1 Å². The second-order valence-electron chi connectivity index (χ2n) is 5.30. The van der Waals surface area contributed by atoms with Gasteiger partial charge in [0, 0.05) is 26.1 Å². The summed E-state index contributed by atoms with van der Waals surface area (Å²) in [6.07, 6.45) is 4.22. The summed E-state index contributed by atoms with van der Waals surface area (Å²) < 4.78 is 24.6. The molecule has 0 saturated carbocycles. The standard InChI is InChI=1S/C13H28N2O3S/c1-5-6-9-14-13(16)8-11-15(19(4,17)18)10-7-12(2)3/h12H,5-11H2,1-4H3,(H,14,16). The molecule has 19 heavy (non-hydrogen) atoms. The molecular weight excluding hydrogens is 264 g/mol. The molecule has 0 spiro atoms. The van der Waals surface area contributed by atoms with Gasteiger partial charge in [-0.3, -0.25) is 4.79 Å². The quantitative estimate of drug-likeness (QED) is 0.622. The smallest absolute Gasteiger partial charge is 0.221 e. The zero-order valence-electron chi connectivity index (χ0n) is 12.6. The van der Waals surface area contributed by atoms with Gasteiger partial charge in [-0.2, -0.15) is 0 Å². The monoisotopic (exact) mass is 292 g/mol. The summed E-state index contributed by atoms with van der Waals surface area (Å²) in [5.41, 5.74) is 0. The van der Waals surface area contributed by atoms with Crippen LogP contribution in [0.4, 0.5) is 0 Å². The molecule has 0 heterocycles. The molecule has 0 aromatic rings. The Labute approximate surface area is 117 Å². The summed E-state index contributed by atoms with van der Waals surface area (Å²) >= 11 is 0. The van der Waals surface area contributed by atoms with E-state index in [9.17, 15) is 13.2 Å². The Kier molecular flexibility index (Phi) is 9.01. The molecule has 0 atom stereocenters. The molecular formula is C13H28N2O3S. The fourth-order valence-corrected chi connectivity index (χ4v) is 2.42. The Bertz CT molecular complexity index is 353. The number of hydrogen-bond acceptors (Lipinski definition) is 3. The minimum Gasteiger partial charge on any atom is -0.356 e. The van der Waals surface area contributed by atoms with Crippen molar-refractivity contribution in [1.29, 1.82) is 0 Å². The van der Waals surface area contributed by atoms with Crippen LogP contribution in [0.5, 0.6) is 0 Å². The van der Waals surface area contributed by atoms with Crippen molar-refractivity contribution in [3.8, 4) is 0 Å². The lowest BCUT2D eigenvalue weighted by Crippen LogP contribution is -2.35. The number of sulfonamides is 1. The second-order valence-corrected chi connectivity index (χ2v) is 7.28. The van der Waals surface area contributed by atoms with E-state index in [1.165, 1.54) is 10.6 Å². The van der Waals surface area contributed by atoms with Gasteiger partial charge in [-0.05, 0) is 18.8 Å². The molecule has 1 N–H and O–H groups in total. The third-order valence-electron chi connectivity index (χ3n) is 2.87. The van der Waals surface area contributed by atoms with E-state index in [-0.39, 0.29) is 18.9 Å². The third-order valence-corrected chi connectivity index (χ3v) is 4.17. The molecule has 114 valence electrons. The number of rotatable bonds is 10. The number of hydrogen-bond donors (Lipinski definition) is 1. The minimum absolute atomic E-state index is 0.0772. The van der Waals surface area contributed by atoms with Gasteiger partial charge in [-0.25, -0.2) is 12.7 Å². The van der Waals surface area contributed by atoms with E-state index in [0.29, 0.717) is 19.0 Å². The van der Waals surface area contributed by atoms with Crippen LogP contribution >= 0.6 is 0 Å². The lowest BCUT2D eigenvalue weighted by molar-refractivity contribution is -0.121. The molecule has 0 radical (unpaired) electrons. The van der Waals surface area contributed by atoms with E-state index in [4.69, 9.17) is 0 Å². The average Bonchev–Trinajstić information content (AvgIpc) is 2.27. The minimum atomic E-state index is -3.23. The zero-order valence-corrected chi connectivity index (χ0v) is 13.4. The Hall–Kier alpha value is -0.620. The first kappa shape index (κ1) is 18.4. The van der Waals surface area contributed by atoms with Crippen molar-refractivity contribution in [2.75, 3.05) is 25.9 Å². The summed E-state index contributed by atoms with van der Waals surface area (Å²) in [4.78, 5) is 11.6. The van der Waals surface area contributed by atoms with Crippen LogP contribution in [-0.4, -0.2) is 44.5 Å². The fourth-order valence-electron chi connectivity index (χ4n) is 1.56. The van der Waals surface area contributed by atoms with Gasteiger partial charge >= 0.3 is 0 Å². The first-order valence-corrected chi connectivity index (χ1v) is 8.84. The predicted octanol–water partition coefficient (Wildman–Crippen LogP) is 1.60. The SMILES string of the molecule is CCCCNC(=O)CCN(CCC(C)C)S(C)(=O)=O. The molecule has 6 heteroatoms. The van der Waals surface area contributed by atoms with Gasteiger partial charge < -0.3 is 5.32 Å². The highest BCUT2D eigenvalue weighted by Gasteiger charge is 2.17. The van der Waals surface area contributed by atoms with Crippen LogP contribution in [-0.2, 0) is 14.8 Å². The van der Waals surface area contributed by atoms with E-state index < -0.39 is 10.0 Å². The van der Waals surface area contributed by atoms with E-state index in [0.717, 1.165) is 19.3 Å². The highest BCUT2D eigenvalue weighted by Crippen LogP contribution is 2.06. The molecule has 0 saturated heterocycles. The van der Waals surface area contributed by atoms with E-state index >= 15 is 0 Å². The number of amides is 1. The third kappa shape index (κ3) is 9.90. The molecule has 0 aliphatic heterocycles. The van der Waals surface area contributed by atoms with Gasteiger partial charge in [0.15, 0.2) is 0 Å². The van der Waals surface area contributed by atoms with Crippen LogP contribution < -0.4 is 5.32 Å². The maximum absolute atomic E-state index is 11.6. The molecule has 5 nitrogen and oxygen atoms in total. The Morgan fingerprint density at radius 2 is 1.89 bits per heavy atom. The summed E-state index contributed by atoms with van der Waals surface area (Å²) in [7, 11) is -3.23. The highest BCUT2D eigenvalue weighted by atomic mass is 32.2. The van der Waals surface area contributed by atoms with Crippen molar-refractivity contribution < 1.29 is 13.2 Å². The lowest BCUT2D eigenvalue weighted by Gasteiger charge is -2.20. The molecule has 0 aliphatic carbocycles. The number of nitrogens with zero attached hydrogens (tertiary/aromatic N) is 1. The van der Waals surface area contributed by atoms with Crippen LogP contribution in [0.2, 0.25) is 0 Å². The summed E-state index contributed by atoms with van der Waals surface area (Å²) in [5, 5.41) is 2.79. The average molecular weight is 292 g/mol. The van der Waals surface area contributed by atoms with E-state index in [1.807, 2.05) is 0 Å². The highest BCUT2D eigenvalue weighted by molar-refractivity contribution is 7.88. The molecule has 0 aromatic heterocycles. The van der Waals surface area contributed by atoms with Crippen molar-refractivity contribution in [2.24, 2.45) is 5.92 Å². The molecule has 0 aliphatic rings. The van der Waals surface area contributed by atoms with Crippen LogP contribution in [0.1, 0.15) is 46.5 Å². The fraction of sp³-hybridized carbons (Fsp3) is 0.923. The van der Waals surface area contributed by atoms with Crippen LogP contribution in [0.25, 0.3) is 0 Å². The number of unbranched alkanes of at least 4 members (excludes halogenated alkanes) is 1. The number of carbonyl (C=O) groups is 1. The van der Waals surface area contributed by atoms with Gasteiger partial charge in [-0.15, -0.1) is 0 Å². The van der Waals surface area contributed by atoms with Gasteiger partial charge in [0.05, 0.1) is 6.26 Å². The second kappa shape index (κ2) is 9.31. The zero-order chi connectivity index (χ0) is 14.9. The Balaban J connectivity index is 4.16. The Morgan fingerprint density at radius 1 is 1.26 bits per heavy atom. The van der Waals surface area contributed by atoms with Crippen molar-refractivity contribution >= 4 is 15.9 Å². The Morgan fingerprint density at radius 3 is 2.37 bits per heavy atom. The predicted molar refractivity (Wildman–Crippen MR) is 78.4 cm³/mol. The van der Waals surface area contributed by atoms with E-state index in [1.54, 1.807) is 0 Å². The summed E-state index contributed by atoms with van der Waals surface area (Å²) in [6, 6.07) is 0. The molecule has 0 rings (SSSR count). The van der Waals surface area contributed by atoms with Gasteiger partial charge in [0.1, 0.15) is 0 Å². The van der Waals surface area contributed by atoms with Crippen molar-refractivity contribution in [2.45, 2.75) is 46.5 Å². The van der Waals surface area contributed by atoms with Crippen molar-refractivity contribution in [1.82, 2.24) is 9.62 Å². The molecule has 0 bridgehead atoms. The van der Waals surface area contributed by atoms with Crippen molar-refractivity contribution in [3.63, 3.8) is 0 Å². The molecule has 0 fully saturated rings. The normalized spacial score (nSPS) is 12.1.